The topological polar surface area (TPSA) is 56.8 Å². The summed E-state index contributed by atoms with van der Waals surface area (Å²) in [7, 11) is 1.67. The number of carbonyl (C=O) groups is 1. The van der Waals surface area contributed by atoms with Crippen LogP contribution < -0.4 is 15.4 Å². The van der Waals surface area contributed by atoms with E-state index in [9.17, 15) is 4.79 Å². The monoisotopic (exact) mass is 406 g/mol. The molecule has 2 N–H and O–H groups in total. The molecule has 0 radical (unpaired) electrons. The predicted molar refractivity (Wildman–Crippen MR) is 118 cm³/mol. The molecule has 7 heteroatoms. The summed E-state index contributed by atoms with van der Waals surface area (Å²) in [4.78, 5) is 16.6. The zero-order valence-electron chi connectivity index (χ0n) is 17.6. The number of amides is 1. The van der Waals surface area contributed by atoms with Crippen LogP contribution in [0.25, 0.3) is 0 Å². The third-order valence-corrected chi connectivity index (χ3v) is 5.01. The summed E-state index contributed by atoms with van der Waals surface area (Å²) in [5.41, 5.74) is 1.06. The summed E-state index contributed by atoms with van der Waals surface area (Å²) < 4.78 is 5.19. The summed E-state index contributed by atoms with van der Waals surface area (Å²) in [5.74, 6) is 0.957. The van der Waals surface area contributed by atoms with Crippen LogP contribution >= 0.6 is 12.2 Å². The van der Waals surface area contributed by atoms with Crippen LogP contribution in [0.3, 0.4) is 0 Å². The van der Waals surface area contributed by atoms with Gasteiger partial charge in [-0.1, -0.05) is 12.1 Å². The third-order valence-electron chi connectivity index (χ3n) is 4.61. The first-order valence-electron chi connectivity index (χ1n) is 9.96. The number of rotatable bonds is 6. The van der Waals surface area contributed by atoms with E-state index in [1.54, 1.807) is 7.11 Å². The highest BCUT2D eigenvalue weighted by Crippen LogP contribution is 2.11. The minimum absolute atomic E-state index is 0.0844. The Labute approximate surface area is 174 Å². The maximum absolute atomic E-state index is 12.2. The van der Waals surface area contributed by atoms with E-state index in [2.05, 4.69) is 32.6 Å². The molecule has 0 atom stereocenters. The number of ether oxygens (including phenoxy) is 1. The second-order valence-corrected chi connectivity index (χ2v) is 8.63. The van der Waals surface area contributed by atoms with E-state index < -0.39 is 0 Å². The smallest absolute Gasteiger partial charge is 0.234 e. The lowest BCUT2D eigenvalue weighted by molar-refractivity contribution is -0.123. The van der Waals surface area contributed by atoms with Crippen molar-refractivity contribution in [1.82, 2.24) is 20.4 Å². The molecule has 1 aromatic carbocycles. The number of benzene rings is 1. The van der Waals surface area contributed by atoms with E-state index in [1.807, 2.05) is 32.9 Å². The molecule has 0 saturated carbocycles. The lowest BCUT2D eigenvalue weighted by Crippen LogP contribution is -2.47. The van der Waals surface area contributed by atoms with Crippen LogP contribution in [0.4, 0.5) is 0 Å². The maximum atomic E-state index is 12.2. The van der Waals surface area contributed by atoms with Gasteiger partial charge in [-0.2, -0.15) is 0 Å². The summed E-state index contributed by atoms with van der Waals surface area (Å²) in [6, 6.07) is 8.12. The molecule has 1 aromatic rings. The van der Waals surface area contributed by atoms with Gasteiger partial charge in [0, 0.05) is 38.3 Å². The van der Waals surface area contributed by atoms with Gasteiger partial charge in [0.2, 0.25) is 5.91 Å². The van der Waals surface area contributed by atoms with Gasteiger partial charge >= 0.3 is 0 Å². The SMILES string of the molecule is COc1ccc(CCNC(=S)N2CCCN(CC(=O)NC(C)(C)C)CC2)cc1. The van der Waals surface area contributed by atoms with E-state index in [4.69, 9.17) is 17.0 Å². The molecule has 0 unspecified atom stereocenters. The Morgan fingerprint density at radius 2 is 1.86 bits per heavy atom. The maximum Gasteiger partial charge on any atom is 0.234 e. The molecule has 28 heavy (non-hydrogen) atoms. The Morgan fingerprint density at radius 1 is 1.14 bits per heavy atom. The van der Waals surface area contributed by atoms with Crippen molar-refractivity contribution >= 4 is 23.2 Å². The molecule has 6 nitrogen and oxygen atoms in total. The average molecular weight is 407 g/mol. The molecule has 0 aromatic heterocycles. The van der Waals surface area contributed by atoms with Gasteiger partial charge in [0.15, 0.2) is 5.11 Å². The van der Waals surface area contributed by atoms with Gasteiger partial charge in [-0.25, -0.2) is 0 Å². The van der Waals surface area contributed by atoms with Crippen LogP contribution in [0.1, 0.15) is 32.8 Å². The van der Waals surface area contributed by atoms with E-state index in [-0.39, 0.29) is 11.4 Å². The van der Waals surface area contributed by atoms with Gasteiger partial charge in [-0.3, -0.25) is 9.69 Å². The molecule has 1 aliphatic rings. The molecule has 2 rings (SSSR count). The number of nitrogens with zero attached hydrogens (tertiary/aromatic N) is 2. The minimum atomic E-state index is -0.190. The van der Waals surface area contributed by atoms with Crippen molar-refractivity contribution in [2.24, 2.45) is 0 Å². The zero-order chi connectivity index (χ0) is 20.6. The molecule has 0 aliphatic carbocycles. The first-order chi connectivity index (χ1) is 13.3. The number of thiocarbonyl (C=S) groups is 1. The standard InChI is InChI=1S/C21H34N4O2S/c1-21(2,3)23-19(26)16-24-12-5-13-25(15-14-24)20(28)22-11-10-17-6-8-18(27-4)9-7-17/h6-9H,5,10-16H2,1-4H3,(H,22,28)(H,23,26). The fourth-order valence-electron chi connectivity index (χ4n) is 3.21. The molecule has 1 amide bonds. The van der Waals surface area contributed by atoms with Gasteiger partial charge in [-0.15, -0.1) is 0 Å². The lowest BCUT2D eigenvalue weighted by Gasteiger charge is -2.26. The van der Waals surface area contributed by atoms with Crippen molar-refractivity contribution in [3.63, 3.8) is 0 Å². The van der Waals surface area contributed by atoms with E-state index >= 15 is 0 Å². The fraction of sp³-hybridized carbons (Fsp3) is 0.619. The highest BCUT2D eigenvalue weighted by Gasteiger charge is 2.20. The van der Waals surface area contributed by atoms with Gasteiger partial charge in [0.1, 0.15) is 5.75 Å². The normalized spacial score (nSPS) is 15.6. The molecule has 0 spiro atoms. The quantitative estimate of drug-likeness (QED) is 0.705. The zero-order valence-corrected chi connectivity index (χ0v) is 18.4. The Bertz CT molecular complexity index is 643. The summed E-state index contributed by atoms with van der Waals surface area (Å²) in [6.45, 7) is 10.8. The summed E-state index contributed by atoms with van der Waals surface area (Å²) in [6.07, 6.45) is 1.92. The molecule has 1 heterocycles. The third kappa shape index (κ3) is 8.02. The molecule has 1 fully saturated rings. The number of hydrogen-bond donors (Lipinski definition) is 2. The number of nitrogens with one attached hydrogen (secondary N) is 2. The first kappa shape index (κ1) is 22.4. The van der Waals surface area contributed by atoms with Crippen LogP contribution in [0.15, 0.2) is 24.3 Å². The van der Waals surface area contributed by atoms with Crippen molar-refractivity contribution in [2.75, 3.05) is 46.4 Å². The van der Waals surface area contributed by atoms with Crippen molar-refractivity contribution in [1.29, 1.82) is 0 Å². The molecule has 1 aliphatic heterocycles. The molecular weight excluding hydrogens is 372 g/mol. The number of methoxy groups -OCH3 is 1. The van der Waals surface area contributed by atoms with Gasteiger partial charge in [0.25, 0.3) is 0 Å². The molecule has 1 saturated heterocycles. The average Bonchev–Trinajstić information content (AvgIpc) is 2.86. The Hall–Kier alpha value is -1.86. The highest BCUT2D eigenvalue weighted by molar-refractivity contribution is 7.80. The van der Waals surface area contributed by atoms with Crippen LogP contribution in [0, 0.1) is 0 Å². The van der Waals surface area contributed by atoms with Gasteiger partial charge in [-0.05, 0) is 63.5 Å². The van der Waals surface area contributed by atoms with Crippen molar-refractivity contribution < 1.29 is 9.53 Å². The summed E-state index contributed by atoms with van der Waals surface area (Å²) >= 11 is 5.58. The second-order valence-electron chi connectivity index (χ2n) is 8.24. The van der Waals surface area contributed by atoms with Crippen LogP contribution in [0.2, 0.25) is 0 Å². The number of hydrogen-bond acceptors (Lipinski definition) is 4. The van der Waals surface area contributed by atoms with Crippen LogP contribution in [-0.4, -0.2) is 72.7 Å². The predicted octanol–water partition coefficient (Wildman–Crippen LogP) is 2.03. The minimum Gasteiger partial charge on any atom is -0.497 e. The van der Waals surface area contributed by atoms with E-state index in [1.165, 1.54) is 5.56 Å². The highest BCUT2D eigenvalue weighted by atomic mass is 32.1. The Kier molecular flexibility index (Phi) is 8.51. The van der Waals surface area contributed by atoms with Crippen LogP contribution in [-0.2, 0) is 11.2 Å². The lowest BCUT2D eigenvalue weighted by atomic mass is 10.1. The molecule has 0 bridgehead atoms. The fourth-order valence-corrected chi connectivity index (χ4v) is 3.50. The van der Waals surface area contributed by atoms with Crippen molar-refractivity contribution in [3.05, 3.63) is 29.8 Å². The summed E-state index contributed by atoms with van der Waals surface area (Å²) in [5, 5.41) is 7.20. The van der Waals surface area contributed by atoms with Crippen molar-refractivity contribution in [3.8, 4) is 5.75 Å². The Balaban J connectivity index is 1.71. The first-order valence-corrected chi connectivity index (χ1v) is 10.4. The molecular formula is C21H34N4O2S. The number of carbonyl (C=O) groups excluding carboxylic acids is 1. The Morgan fingerprint density at radius 3 is 2.50 bits per heavy atom. The molecule has 156 valence electrons. The van der Waals surface area contributed by atoms with Crippen molar-refractivity contribution in [2.45, 2.75) is 39.2 Å². The second kappa shape index (κ2) is 10.6. The van der Waals surface area contributed by atoms with Gasteiger partial charge < -0.3 is 20.3 Å². The van der Waals surface area contributed by atoms with E-state index in [0.29, 0.717) is 6.54 Å². The largest absolute Gasteiger partial charge is 0.497 e. The van der Waals surface area contributed by atoms with E-state index in [0.717, 1.165) is 56.4 Å². The van der Waals surface area contributed by atoms with Crippen LogP contribution in [0.5, 0.6) is 5.75 Å². The van der Waals surface area contributed by atoms with Gasteiger partial charge in [0.05, 0.1) is 13.7 Å².